The number of rotatable bonds is 6. The van der Waals surface area contributed by atoms with Crippen LogP contribution in [0.4, 0.5) is 0 Å². The number of aryl methyl sites for hydroxylation is 1. The van der Waals surface area contributed by atoms with E-state index in [-0.39, 0.29) is 0 Å². The third-order valence-corrected chi connectivity index (χ3v) is 3.49. The van der Waals surface area contributed by atoms with Gasteiger partial charge in [0.1, 0.15) is 0 Å². The Bertz CT molecular complexity index is 428. The second kappa shape index (κ2) is 8.19. The van der Waals surface area contributed by atoms with Gasteiger partial charge in [-0.1, -0.05) is 36.7 Å². The average Bonchev–Trinajstić information content (AvgIpc) is 2.37. The molecule has 0 aliphatic heterocycles. The molecule has 0 saturated heterocycles. The van der Waals surface area contributed by atoms with Crippen molar-refractivity contribution in [2.24, 2.45) is 0 Å². The Hall–Kier alpha value is -0.970. The number of hydrogen-bond acceptors (Lipinski definition) is 1. The third kappa shape index (κ3) is 4.37. The third-order valence-electron chi connectivity index (χ3n) is 2.97. The van der Waals surface area contributed by atoms with Gasteiger partial charge in [0.15, 0.2) is 0 Å². The Kier molecular flexibility index (Phi) is 6.86. The standard InChI is InChI=1S/C16H22ClN/c1-4-6-7-11-15(18-12-5-2)14-10-8-9-13(3)16(14)17/h8-10,15,18H,5,7,11-12H2,1-3H3. The molecule has 0 fully saturated rings. The predicted octanol–water partition coefficient (Wildman–Crippen LogP) is 4.49. The molecule has 0 heterocycles. The Morgan fingerprint density at radius 3 is 2.83 bits per heavy atom. The zero-order valence-corrected chi connectivity index (χ0v) is 12.3. The minimum Gasteiger partial charge on any atom is -0.310 e. The molecule has 0 aliphatic rings. The van der Waals surface area contributed by atoms with E-state index in [0.29, 0.717) is 6.04 Å². The van der Waals surface area contributed by atoms with Gasteiger partial charge in [-0.2, -0.15) is 0 Å². The van der Waals surface area contributed by atoms with Crippen LogP contribution in [0.3, 0.4) is 0 Å². The first-order chi connectivity index (χ1) is 8.70. The van der Waals surface area contributed by atoms with Crippen molar-refractivity contribution in [1.82, 2.24) is 5.32 Å². The van der Waals surface area contributed by atoms with Crippen molar-refractivity contribution in [2.45, 2.75) is 46.1 Å². The van der Waals surface area contributed by atoms with Crippen molar-refractivity contribution >= 4 is 11.6 Å². The summed E-state index contributed by atoms with van der Waals surface area (Å²) in [6.45, 7) is 7.12. The topological polar surface area (TPSA) is 12.0 Å². The van der Waals surface area contributed by atoms with Crippen LogP contribution in [0.5, 0.6) is 0 Å². The summed E-state index contributed by atoms with van der Waals surface area (Å²) in [4.78, 5) is 0. The van der Waals surface area contributed by atoms with Crippen LogP contribution in [0.1, 0.15) is 50.3 Å². The first-order valence-corrected chi connectivity index (χ1v) is 6.96. The van der Waals surface area contributed by atoms with E-state index in [2.05, 4.69) is 49.2 Å². The van der Waals surface area contributed by atoms with Gasteiger partial charge in [-0.3, -0.25) is 0 Å². The molecule has 0 aliphatic carbocycles. The molecule has 0 aromatic heterocycles. The molecular formula is C16H22ClN. The number of halogens is 1. The van der Waals surface area contributed by atoms with Crippen molar-refractivity contribution in [3.63, 3.8) is 0 Å². The monoisotopic (exact) mass is 263 g/mol. The van der Waals surface area contributed by atoms with Gasteiger partial charge in [0, 0.05) is 17.5 Å². The van der Waals surface area contributed by atoms with Crippen molar-refractivity contribution in [2.75, 3.05) is 6.54 Å². The Morgan fingerprint density at radius 1 is 1.39 bits per heavy atom. The van der Waals surface area contributed by atoms with Crippen LogP contribution in [0, 0.1) is 18.8 Å². The Balaban J connectivity index is 2.85. The van der Waals surface area contributed by atoms with E-state index in [4.69, 9.17) is 11.6 Å². The van der Waals surface area contributed by atoms with Crippen LogP contribution in [-0.2, 0) is 0 Å². The lowest BCUT2D eigenvalue weighted by molar-refractivity contribution is 0.505. The average molecular weight is 264 g/mol. The highest BCUT2D eigenvalue weighted by molar-refractivity contribution is 6.32. The van der Waals surface area contributed by atoms with Gasteiger partial charge in [-0.05, 0) is 44.4 Å². The largest absolute Gasteiger partial charge is 0.310 e. The highest BCUT2D eigenvalue weighted by Gasteiger charge is 2.14. The summed E-state index contributed by atoms with van der Waals surface area (Å²) in [7, 11) is 0. The SMILES string of the molecule is CC#CCCC(NCCC)c1cccc(C)c1Cl. The molecule has 0 amide bonds. The molecule has 98 valence electrons. The highest BCUT2D eigenvalue weighted by atomic mass is 35.5. The van der Waals surface area contributed by atoms with Crippen molar-refractivity contribution < 1.29 is 0 Å². The Labute approximate surface area is 116 Å². The minimum atomic E-state index is 0.304. The first kappa shape index (κ1) is 15.1. The summed E-state index contributed by atoms with van der Waals surface area (Å²) in [5.74, 6) is 6.07. The van der Waals surface area contributed by atoms with Gasteiger partial charge < -0.3 is 5.32 Å². The van der Waals surface area contributed by atoms with Gasteiger partial charge in [0.25, 0.3) is 0 Å². The molecule has 1 unspecified atom stereocenters. The molecule has 2 heteroatoms. The molecule has 1 nitrogen and oxygen atoms in total. The molecule has 1 N–H and O–H groups in total. The van der Waals surface area contributed by atoms with Gasteiger partial charge in [-0.25, -0.2) is 0 Å². The molecule has 18 heavy (non-hydrogen) atoms. The second-order valence-corrected chi connectivity index (χ2v) is 4.83. The maximum absolute atomic E-state index is 6.40. The van der Waals surface area contributed by atoms with Gasteiger partial charge in [0.05, 0.1) is 0 Å². The van der Waals surface area contributed by atoms with E-state index in [0.717, 1.165) is 36.4 Å². The zero-order chi connectivity index (χ0) is 13.4. The molecular weight excluding hydrogens is 242 g/mol. The van der Waals surface area contributed by atoms with Gasteiger partial charge in [-0.15, -0.1) is 11.8 Å². The minimum absolute atomic E-state index is 0.304. The van der Waals surface area contributed by atoms with Crippen molar-refractivity contribution in [3.8, 4) is 11.8 Å². The van der Waals surface area contributed by atoms with E-state index < -0.39 is 0 Å². The molecule has 1 rings (SSSR count). The van der Waals surface area contributed by atoms with E-state index in [1.807, 2.05) is 6.92 Å². The summed E-state index contributed by atoms with van der Waals surface area (Å²) < 4.78 is 0. The summed E-state index contributed by atoms with van der Waals surface area (Å²) in [5.41, 5.74) is 2.34. The molecule has 0 radical (unpaired) electrons. The quantitative estimate of drug-likeness (QED) is 0.746. The summed E-state index contributed by atoms with van der Waals surface area (Å²) in [6, 6.07) is 6.54. The van der Waals surface area contributed by atoms with Crippen LogP contribution in [0.2, 0.25) is 5.02 Å². The molecule has 0 spiro atoms. The maximum atomic E-state index is 6.40. The van der Waals surface area contributed by atoms with E-state index in [9.17, 15) is 0 Å². The highest BCUT2D eigenvalue weighted by Crippen LogP contribution is 2.28. The summed E-state index contributed by atoms with van der Waals surface area (Å²) in [6.07, 6.45) is 3.03. The van der Waals surface area contributed by atoms with Crippen molar-refractivity contribution in [1.29, 1.82) is 0 Å². The smallest absolute Gasteiger partial charge is 0.0482 e. The van der Waals surface area contributed by atoms with E-state index in [1.54, 1.807) is 0 Å². The molecule has 1 aromatic rings. The molecule has 0 saturated carbocycles. The normalized spacial score (nSPS) is 11.8. The number of benzene rings is 1. The molecule has 1 atom stereocenters. The van der Waals surface area contributed by atoms with Crippen LogP contribution in [0.25, 0.3) is 0 Å². The zero-order valence-electron chi connectivity index (χ0n) is 11.5. The maximum Gasteiger partial charge on any atom is 0.0482 e. The van der Waals surface area contributed by atoms with E-state index in [1.165, 1.54) is 5.56 Å². The first-order valence-electron chi connectivity index (χ1n) is 6.58. The Morgan fingerprint density at radius 2 is 2.17 bits per heavy atom. The fourth-order valence-corrected chi connectivity index (χ4v) is 2.22. The molecule has 1 aromatic carbocycles. The molecule has 0 bridgehead atoms. The number of nitrogens with one attached hydrogen (secondary N) is 1. The lowest BCUT2D eigenvalue weighted by Gasteiger charge is -2.20. The van der Waals surface area contributed by atoms with Crippen LogP contribution >= 0.6 is 11.6 Å². The second-order valence-electron chi connectivity index (χ2n) is 4.45. The van der Waals surface area contributed by atoms with Gasteiger partial charge >= 0.3 is 0 Å². The van der Waals surface area contributed by atoms with Crippen molar-refractivity contribution in [3.05, 3.63) is 34.3 Å². The number of hydrogen-bond donors (Lipinski definition) is 1. The fraction of sp³-hybridized carbons (Fsp3) is 0.500. The van der Waals surface area contributed by atoms with Crippen LogP contribution in [-0.4, -0.2) is 6.54 Å². The lowest BCUT2D eigenvalue weighted by atomic mass is 10.00. The lowest BCUT2D eigenvalue weighted by Crippen LogP contribution is -2.22. The predicted molar refractivity (Wildman–Crippen MR) is 79.9 cm³/mol. The van der Waals surface area contributed by atoms with Gasteiger partial charge in [0.2, 0.25) is 0 Å². The fourth-order valence-electron chi connectivity index (χ4n) is 1.97. The van der Waals surface area contributed by atoms with E-state index >= 15 is 0 Å². The summed E-state index contributed by atoms with van der Waals surface area (Å²) in [5, 5.41) is 4.45. The summed E-state index contributed by atoms with van der Waals surface area (Å²) >= 11 is 6.40. The van der Waals surface area contributed by atoms with Crippen LogP contribution in [0.15, 0.2) is 18.2 Å². The van der Waals surface area contributed by atoms with Crippen LogP contribution < -0.4 is 5.32 Å².